The summed E-state index contributed by atoms with van der Waals surface area (Å²) in [6, 6.07) is 13.3. The number of benzene rings is 2. The molecule has 1 fully saturated rings. The van der Waals surface area contributed by atoms with Crippen molar-refractivity contribution in [3.05, 3.63) is 64.1 Å². The number of nitrogens with zero attached hydrogens (tertiary/aromatic N) is 1. The number of ether oxygens (including phenoxy) is 1. The van der Waals surface area contributed by atoms with E-state index in [0.717, 1.165) is 28.1 Å². The first-order valence-electron chi connectivity index (χ1n) is 9.22. The van der Waals surface area contributed by atoms with Crippen molar-refractivity contribution >= 4 is 51.9 Å². The molecular weight excluding hydrogens is 404 g/mol. The van der Waals surface area contributed by atoms with E-state index in [0.29, 0.717) is 15.8 Å². The summed E-state index contributed by atoms with van der Waals surface area (Å²) < 4.78 is 5.80. The number of amides is 2. The molecule has 3 rings (SSSR count). The van der Waals surface area contributed by atoms with Crippen molar-refractivity contribution in [2.45, 2.75) is 20.8 Å². The monoisotopic (exact) mass is 426 g/mol. The van der Waals surface area contributed by atoms with Gasteiger partial charge in [-0.25, -0.2) is 0 Å². The van der Waals surface area contributed by atoms with Crippen molar-refractivity contribution in [2.75, 3.05) is 18.5 Å². The zero-order chi connectivity index (χ0) is 21.0. The molecule has 2 aromatic carbocycles. The Balaban J connectivity index is 1.67. The van der Waals surface area contributed by atoms with E-state index in [1.54, 1.807) is 6.08 Å². The second-order valence-electron chi connectivity index (χ2n) is 6.64. The molecule has 5 nitrogen and oxygen atoms in total. The Morgan fingerprint density at radius 3 is 2.59 bits per heavy atom. The lowest BCUT2D eigenvalue weighted by Crippen LogP contribution is -2.36. The van der Waals surface area contributed by atoms with Gasteiger partial charge in [-0.15, -0.1) is 0 Å². The van der Waals surface area contributed by atoms with Crippen LogP contribution in [-0.4, -0.2) is 34.2 Å². The van der Waals surface area contributed by atoms with Crippen LogP contribution in [0, 0.1) is 13.8 Å². The summed E-state index contributed by atoms with van der Waals surface area (Å²) in [5, 5.41) is 2.85. The number of hydrogen-bond acceptors (Lipinski definition) is 5. The first kappa shape index (κ1) is 21.1. The molecule has 1 aliphatic rings. The van der Waals surface area contributed by atoms with Crippen molar-refractivity contribution < 1.29 is 14.3 Å². The number of anilines is 1. The number of carbonyl (C=O) groups excluding carboxylic acids is 2. The SMILES string of the molecule is CCOc1ccc(/C=C2\SC(=S)N(CC(=O)Nc3ccc(C)cc3C)C2=O)cc1. The average Bonchev–Trinajstić information content (AvgIpc) is 2.93. The summed E-state index contributed by atoms with van der Waals surface area (Å²) in [6.07, 6.45) is 1.77. The molecule has 0 spiro atoms. The molecule has 0 aromatic heterocycles. The highest BCUT2D eigenvalue weighted by Crippen LogP contribution is 2.32. The van der Waals surface area contributed by atoms with Gasteiger partial charge in [0.2, 0.25) is 5.91 Å². The second-order valence-corrected chi connectivity index (χ2v) is 8.31. The quantitative estimate of drug-likeness (QED) is 0.543. The Bertz CT molecular complexity index is 984. The summed E-state index contributed by atoms with van der Waals surface area (Å²) in [5.74, 6) is 0.237. The predicted molar refractivity (Wildman–Crippen MR) is 122 cm³/mol. The topological polar surface area (TPSA) is 58.6 Å². The Morgan fingerprint density at radius 2 is 1.93 bits per heavy atom. The van der Waals surface area contributed by atoms with Gasteiger partial charge in [-0.2, -0.15) is 0 Å². The molecule has 0 aliphatic carbocycles. The first-order chi connectivity index (χ1) is 13.9. The van der Waals surface area contributed by atoms with Gasteiger partial charge in [-0.1, -0.05) is 53.8 Å². The van der Waals surface area contributed by atoms with E-state index in [4.69, 9.17) is 17.0 Å². The molecule has 1 saturated heterocycles. The summed E-state index contributed by atoms with van der Waals surface area (Å²) in [5.41, 5.74) is 3.70. The Morgan fingerprint density at radius 1 is 1.21 bits per heavy atom. The zero-order valence-corrected chi connectivity index (χ0v) is 18.2. The minimum absolute atomic E-state index is 0.112. The van der Waals surface area contributed by atoms with Gasteiger partial charge in [0.25, 0.3) is 5.91 Å². The van der Waals surface area contributed by atoms with E-state index in [1.807, 2.05) is 63.2 Å². The lowest BCUT2D eigenvalue weighted by atomic mass is 10.1. The lowest BCUT2D eigenvalue weighted by Gasteiger charge is -2.15. The van der Waals surface area contributed by atoms with Crippen LogP contribution in [0.4, 0.5) is 5.69 Å². The number of nitrogens with one attached hydrogen (secondary N) is 1. The van der Waals surface area contributed by atoms with Gasteiger partial charge < -0.3 is 10.1 Å². The standard InChI is InChI=1S/C22H22N2O3S2/c1-4-27-17-8-6-16(7-9-17)12-19-21(26)24(22(28)29-19)13-20(25)23-18-10-5-14(2)11-15(18)3/h5-12H,4,13H2,1-3H3,(H,23,25)/b19-12-. The lowest BCUT2D eigenvalue weighted by molar-refractivity contribution is -0.126. The molecule has 2 amide bonds. The fourth-order valence-electron chi connectivity index (χ4n) is 2.90. The number of carbonyl (C=O) groups is 2. The smallest absolute Gasteiger partial charge is 0.266 e. The third kappa shape index (κ3) is 5.25. The van der Waals surface area contributed by atoms with Crippen LogP contribution in [0.2, 0.25) is 0 Å². The van der Waals surface area contributed by atoms with E-state index >= 15 is 0 Å². The molecule has 0 bridgehead atoms. The number of thioether (sulfide) groups is 1. The normalized spacial score (nSPS) is 15.1. The van der Waals surface area contributed by atoms with Gasteiger partial charge in [0.1, 0.15) is 16.6 Å². The van der Waals surface area contributed by atoms with Crippen LogP contribution in [0.1, 0.15) is 23.6 Å². The molecule has 0 unspecified atom stereocenters. The largest absolute Gasteiger partial charge is 0.494 e. The highest BCUT2D eigenvalue weighted by atomic mass is 32.2. The minimum atomic E-state index is -0.282. The number of thiocarbonyl (C=S) groups is 1. The summed E-state index contributed by atoms with van der Waals surface area (Å²) >= 11 is 6.52. The Hall–Kier alpha value is -2.64. The third-order valence-electron chi connectivity index (χ3n) is 4.32. The maximum atomic E-state index is 12.7. The van der Waals surface area contributed by atoms with E-state index in [2.05, 4.69) is 5.32 Å². The molecule has 1 aliphatic heterocycles. The first-order valence-corrected chi connectivity index (χ1v) is 10.4. The molecule has 0 atom stereocenters. The van der Waals surface area contributed by atoms with Crippen molar-refractivity contribution in [2.24, 2.45) is 0 Å². The van der Waals surface area contributed by atoms with Gasteiger partial charge in [0.15, 0.2) is 0 Å². The minimum Gasteiger partial charge on any atom is -0.494 e. The summed E-state index contributed by atoms with van der Waals surface area (Å²) in [7, 11) is 0. The van der Waals surface area contributed by atoms with Crippen LogP contribution < -0.4 is 10.1 Å². The van der Waals surface area contributed by atoms with Crippen molar-refractivity contribution in [3.63, 3.8) is 0 Å². The van der Waals surface area contributed by atoms with Crippen molar-refractivity contribution in [1.29, 1.82) is 0 Å². The van der Waals surface area contributed by atoms with Crippen LogP contribution in [-0.2, 0) is 9.59 Å². The molecule has 7 heteroatoms. The van der Waals surface area contributed by atoms with E-state index in [-0.39, 0.29) is 18.4 Å². The Labute approximate surface area is 180 Å². The van der Waals surface area contributed by atoms with Gasteiger partial charge in [-0.3, -0.25) is 14.5 Å². The fourth-order valence-corrected chi connectivity index (χ4v) is 4.16. The van der Waals surface area contributed by atoms with Crippen LogP contribution >= 0.6 is 24.0 Å². The zero-order valence-electron chi connectivity index (χ0n) is 16.5. The molecule has 0 radical (unpaired) electrons. The van der Waals surface area contributed by atoms with Crippen LogP contribution in [0.25, 0.3) is 6.08 Å². The maximum absolute atomic E-state index is 12.7. The van der Waals surface area contributed by atoms with E-state index < -0.39 is 0 Å². The molecule has 0 saturated carbocycles. The molecule has 150 valence electrons. The molecule has 2 aromatic rings. The number of rotatable bonds is 6. The predicted octanol–water partition coefficient (Wildman–Crippen LogP) is 4.54. The average molecular weight is 427 g/mol. The van der Waals surface area contributed by atoms with Crippen molar-refractivity contribution in [3.8, 4) is 5.75 Å². The van der Waals surface area contributed by atoms with Gasteiger partial charge in [-0.05, 0) is 56.2 Å². The Kier molecular flexibility index (Phi) is 6.71. The van der Waals surface area contributed by atoms with Gasteiger partial charge in [0, 0.05) is 5.69 Å². The molecule has 1 heterocycles. The van der Waals surface area contributed by atoms with E-state index in [9.17, 15) is 9.59 Å². The third-order valence-corrected chi connectivity index (χ3v) is 5.70. The van der Waals surface area contributed by atoms with Gasteiger partial charge in [0.05, 0.1) is 11.5 Å². The number of aryl methyl sites for hydroxylation is 2. The number of hydrogen-bond donors (Lipinski definition) is 1. The van der Waals surface area contributed by atoms with Crippen LogP contribution in [0.3, 0.4) is 0 Å². The maximum Gasteiger partial charge on any atom is 0.266 e. The summed E-state index contributed by atoms with van der Waals surface area (Å²) in [6.45, 7) is 6.34. The van der Waals surface area contributed by atoms with Crippen molar-refractivity contribution in [1.82, 2.24) is 4.90 Å². The highest BCUT2D eigenvalue weighted by Gasteiger charge is 2.33. The molecular formula is C22H22N2O3S2. The summed E-state index contributed by atoms with van der Waals surface area (Å²) in [4.78, 5) is 27.0. The fraction of sp³-hybridized carbons (Fsp3) is 0.227. The van der Waals surface area contributed by atoms with Crippen LogP contribution in [0.15, 0.2) is 47.4 Å². The van der Waals surface area contributed by atoms with Gasteiger partial charge >= 0.3 is 0 Å². The van der Waals surface area contributed by atoms with Crippen LogP contribution in [0.5, 0.6) is 5.75 Å². The highest BCUT2D eigenvalue weighted by molar-refractivity contribution is 8.26. The second kappa shape index (κ2) is 9.24. The van der Waals surface area contributed by atoms with E-state index in [1.165, 1.54) is 16.7 Å². The molecule has 1 N–H and O–H groups in total. The molecule has 29 heavy (non-hydrogen) atoms.